The van der Waals surface area contributed by atoms with Crippen LogP contribution in [0.2, 0.25) is 0 Å². The number of nitrogens with one attached hydrogen (secondary N) is 1. The molecule has 2 aromatic rings. The molecule has 1 fully saturated rings. The van der Waals surface area contributed by atoms with E-state index in [-0.39, 0.29) is 17.5 Å². The Morgan fingerprint density at radius 2 is 2.11 bits per heavy atom. The fraction of sp³-hybridized carbons (Fsp3) is 0.444. The van der Waals surface area contributed by atoms with E-state index in [1.165, 1.54) is 27.8 Å². The molecule has 3 rings (SSSR count). The molecule has 1 amide bonds. The van der Waals surface area contributed by atoms with E-state index in [1.54, 1.807) is 25.3 Å². The van der Waals surface area contributed by atoms with E-state index in [9.17, 15) is 17.6 Å². The summed E-state index contributed by atoms with van der Waals surface area (Å²) >= 11 is 1.33. The Morgan fingerprint density at radius 3 is 2.81 bits per heavy atom. The summed E-state index contributed by atoms with van der Waals surface area (Å²) in [6, 6.07) is 5.56. The van der Waals surface area contributed by atoms with E-state index in [0.717, 1.165) is 10.4 Å². The Kier molecular flexibility index (Phi) is 6.23. The normalized spacial score (nSPS) is 17.9. The second-order valence-corrected chi connectivity index (χ2v) is 9.67. The molecular formula is C18H22FN3O3S2. The molecule has 146 valence electrons. The van der Waals surface area contributed by atoms with Crippen LogP contribution in [0.15, 0.2) is 30.5 Å². The number of nitrogens with zero attached hydrogens (tertiary/aromatic N) is 2. The van der Waals surface area contributed by atoms with Crippen LogP contribution < -0.4 is 5.32 Å². The second-order valence-electron chi connectivity index (χ2n) is 6.51. The first-order valence-electron chi connectivity index (χ1n) is 8.88. The van der Waals surface area contributed by atoms with Crippen molar-refractivity contribution < 1.29 is 17.6 Å². The zero-order valence-corrected chi connectivity index (χ0v) is 16.7. The highest BCUT2D eigenvalue weighted by Crippen LogP contribution is 2.25. The zero-order chi connectivity index (χ0) is 19.4. The number of carbonyl (C=O) groups is 1. The predicted octanol–water partition coefficient (Wildman–Crippen LogP) is 3.02. The van der Waals surface area contributed by atoms with Gasteiger partial charge < -0.3 is 5.32 Å². The van der Waals surface area contributed by atoms with Crippen molar-refractivity contribution in [1.82, 2.24) is 9.29 Å². The molecule has 27 heavy (non-hydrogen) atoms. The molecule has 1 aromatic heterocycles. The van der Waals surface area contributed by atoms with Gasteiger partial charge in [-0.15, -0.1) is 11.3 Å². The average Bonchev–Trinajstić information content (AvgIpc) is 3.27. The van der Waals surface area contributed by atoms with Crippen molar-refractivity contribution >= 4 is 32.4 Å². The largest absolute Gasteiger partial charge is 0.301 e. The lowest BCUT2D eigenvalue weighted by Crippen LogP contribution is -2.43. The summed E-state index contributed by atoms with van der Waals surface area (Å²) in [6.07, 6.45) is 3.97. The van der Waals surface area contributed by atoms with Crippen molar-refractivity contribution in [2.75, 3.05) is 17.6 Å². The molecule has 1 N–H and O–H groups in total. The van der Waals surface area contributed by atoms with Crippen molar-refractivity contribution in [3.05, 3.63) is 46.7 Å². The fourth-order valence-electron chi connectivity index (χ4n) is 3.15. The van der Waals surface area contributed by atoms with Crippen molar-refractivity contribution in [2.24, 2.45) is 0 Å². The quantitative estimate of drug-likeness (QED) is 0.760. The van der Waals surface area contributed by atoms with Gasteiger partial charge in [0.15, 0.2) is 5.13 Å². The Bertz CT molecular complexity index is 897. The topological polar surface area (TPSA) is 79.4 Å². The second kappa shape index (κ2) is 8.45. The number of benzene rings is 1. The highest BCUT2D eigenvalue weighted by Gasteiger charge is 2.38. The van der Waals surface area contributed by atoms with Crippen LogP contribution in [0.1, 0.15) is 36.6 Å². The van der Waals surface area contributed by atoms with Gasteiger partial charge in [0.1, 0.15) is 11.9 Å². The van der Waals surface area contributed by atoms with E-state index in [1.807, 2.05) is 0 Å². The van der Waals surface area contributed by atoms with Crippen LogP contribution in [0, 0.1) is 5.82 Å². The average molecular weight is 412 g/mol. The number of carbonyl (C=O) groups excluding carboxylic acids is 1. The first-order valence-corrected chi connectivity index (χ1v) is 11.3. The fourth-order valence-corrected chi connectivity index (χ4v) is 5.75. The third-order valence-corrected chi connectivity index (χ3v) is 7.39. The van der Waals surface area contributed by atoms with E-state index >= 15 is 0 Å². The number of aromatic nitrogens is 1. The maximum absolute atomic E-state index is 13.0. The lowest BCUT2D eigenvalue weighted by Gasteiger charge is -2.22. The van der Waals surface area contributed by atoms with E-state index in [0.29, 0.717) is 37.4 Å². The summed E-state index contributed by atoms with van der Waals surface area (Å²) in [5.41, 5.74) is 0.950. The number of thiazole rings is 1. The van der Waals surface area contributed by atoms with Gasteiger partial charge in [-0.05, 0) is 37.0 Å². The summed E-state index contributed by atoms with van der Waals surface area (Å²) < 4.78 is 39.0. The Labute approximate surface area is 162 Å². The molecule has 1 aliphatic heterocycles. The minimum Gasteiger partial charge on any atom is -0.301 e. The summed E-state index contributed by atoms with van der Waals surface area (Å²) in [6.45, 7) is 2.19. The van der Waals surface area contributed by atoms with Crippen LogP contribution in [0.25, 0.3) is 0 Å². The van der Waals surface area contributed by atoms with Gasteiger partial charge >= 0.3 is 0 Å². The molecule has 1 aliphatic rings. The molecule has 0 spiro atoms. The SMILES string of the molecule is CCCS(=O)(=O)N1CCCC1C(=O)Nc1ncc(Cc2ccc(F)cc2)s1. The molecule has 0 saturated carbocycles. The molecule has 0 radical (unpaired) electrons. The highest BCUT2D eigenvalue weighted by atomic mass is 32.2. The summed E-state index contributed by atoms with van der Waals surface area (Å²) in [7, 11) is -3.41. The van der Waals surface area contributed by atoms with Gasteiger partial charge in [0.05, 0.1) is 5.75 Å². The van der Waals surface area contributed by atoms with E-state index in [2.05, 4.69) is 10.3 Å². The smallest absolute Gasteiger partial charge is 0.244 e. The third kappa shape index (κ3) is 4.91. The first-order chi connectivity index (χ1) is 12.9. The van der Waals surface area contributed by atoms with Gasteiger partial charge in [0.25, 0.3) is 0 Å². The van der Waals surface area contributed by atoms with Crippen LogP contribution in [0.4, 0.5) is 9.52 Å². The van der Waals surface area contributed by atoms with Crippen molar-refractivity contribution in [2.45, 2.75) is 38.6 Å². The number of anilines is 1. The zero-order valence-electron chi connectivity index (χ0n) is 15.0. The summed E-state index contributed by atoms with van der Waals surface area (Å²) in [4.78, 5) is 17.7. The molecule has 1 aromatic carbocycles. The Morgan fingerprint density at radius 1 is 1.37 bits per heavy atom. The Balaban J connectivity index is 1.64. The molecule has 1 unspecified atom stereocenters. The summed E-state index contributed by atoms with van der Waals surface area (Å²) in [5, 5.41) is 3.19. The van der Waals surface area contributed by atoms with Gasteiger partial charge in [0, 0.05) is 24.0 Å². The lowest BCUT2D eigenvalue weighted by molar-refractivity contribution is -0.119. The summed E-state index contributed by atoms with van der Waals surface area (Å²) in [5.74, 6) is -0.569. The molecular weight excluding hydrogens is 389 g/mol. The number of sulfonamides is 1. The number of rotatable bonds is 7. The third-order valence-electron chi connectivity index (χ3n) is 4.40. The van der Waals surface area contributed by atoms with Crippen LogP contribution in [0.3, 0.4) is 0 Å². The van der Waals surface area contributed by atoms with Gasteiger partial charge in [-0.3, -0.25) is 4.79 Å². The van der Waals surface area contributed by atoms with E-state index < -0.39 is 16.1 Å². The molecule has 0 bridgehead atoms. The molecule has 9 heteroatoms. The number of halogens is 1. The van der Waals surface area contributed by atoms with Crippen LogP contribution in [-0.4, -0.2) is 42.0 Å². The Hall–Kier alpha value is -1.84. The van der Waals surface area contributed by atoms with Crippen LogP contribution in [-0.2, 0) is 21.2 Å². The lowest BCUT2D eigenvalue weighted by atomic mass is 10.1. The molecule has 0 aliphatic carbocycles. The number of hydrogen-bond donors (Lipinski definition) is 1. The van der Waals surface area contributed by atoms with Crippen molar-refractivity contribution in [1.29, 1.82) is 0 Å². The number of hydrogen-bond acceptors (Lipinski definition) is 5. The maximum atomic E-state index is 13.0. The van der Waals surface area contributed by atoms with Crippen molar-refractivity contribution in [3.8, 4) is 0 Å². The highest BCUT2D eigenvalue weighted by molar-refractivity contribution is 7.89. The minimum atomic E-state index is -3.41. The maximum Gasteiger partial charge on any atom is 0.244 e. The molecule has 2 heterocycles. The predicted molar refractivity (Wildman–Crippen MR) is 104 cm³/mol. The molecule has 6 nitrogen and oxygen atoms in total. The van der Waals surface area contributed by atoms with Gasteiger partial charge in [0.2, 0.25) is 15.9 Å². The van der Waals surface area contributed by atoms with Gasteiger partial charge in [-0.25, -0.2) is 17.8 Å². The molecule has 1 saturated heterocycles. The standard InChI is InChI=1S/C18H22FN3O3S2/c1-2-10-27(24,25)22-9-3-4-16(22)17(23)21-18-20-12-15(26-18)11-13-5-7-14(19)8-6-13/h5-8,12,16H,2-4,9-11H2,1H3,(H,20,21,23). The van der Waals surface area contributed by atoms with E-state index in [4.69, 9.17) is 0 Å². The first kappa shape index (κ1) is 19.9. The van der Waals surface area contributed by atoms with Crippen LogP contribution in [0.5, 0.6) is 0 Å². The van der Waals surface area contributed by atoms with Crippen LogP contribution >= 0.6 is 11.3 Å². The van der Waals surface area contributed by atoms with Gasteiger partial charge in [-0.1, -0.05) is 19.1 Å². The van der Waals surface area contributed by atoms with Crippen molar-refractivity contribution in [3.63, 3.8) is 0 Å². The molecule has 1 atom stereocenters. The number of amides is 1. The monoisotopic (exact) mass is 411 g/mol. The van der Waals surface area contributed by atoms with Gasteiger partial charge in [-0.2, -0.15) is 4.31 Å². The minimum absolute atomic E-state index is 0.0514.